The summed E-state index contributed by atoms with van der Waals surface area (Å²) < 4.78 is 0. The number of halogens is 1. The Labute approximate surface area is 108 Å². The SMILES string of the molecule is [O-]N(O)c1ccccc1Sc1ccc(Cl)cc1. The predicted octanol–water partition coefficient (Wildman–Crippen LogP) is 4.18. The zero-order valence-corrected chi connectivity index (χ0v) is 10.3. The first-order valence-corrected chi connectivity index (χ1v) is 6.05. The van der Waals surface area contributed by atoms with Crippen LogP contribution in [0.1, 0.15) is 0 Å². The van der Waals surface area contributed by atoms with E-state index in [2.05, 4.69) is 0 Å². The molecule has 0 spiro atoms. The largest absolute Gasteiger partial charge is 0.733 e. The number of nitrogens with zero attached hydrogens (tertiary/aromatic N) is 1. The molecule has 0 aliphatic rings. The van der Waals surface area contributed by atoms with Crippen LogP contribution in [0.2, 0.25) is 5.02 Å². The van der Waals surface area contributed by atoms with Gasteiger partial charge in [-0.3, -0.25) is 5.21 Å². The van der Waals surface area contributed by atoms with Crippen molar-refractivity contribution in [3.63, 3.8) is 0 Å². The molecule has 0 radical (unpaired) electrons. The van der Waals surface area contributed by atoms with Crippen molar-refractivity contribution in [2.45, 2.75) is 9.79 Å². The van der Waals surface area contributed by atoms with Crippen LogP contribution in [0.4, 0.5) is 5.69 Å². The number of para-hydroxylation sites is 1. The third-order valence-electron chi connectivity index (χ3n) is 2.11. The van der Waals surface area contributed by atoms with Gasteiger partial charge in [-0.1, -0.05) is 35.5 Å². The van der Waals surface area contributed by atoms with Crippen LogP contribution in [0.25, 0.3) is 0 Å². The average molecular weight is 267 g/mol. The fourth-order valence-electron chi connectivity index (χ4n) is 1.33. The summed E-state index contributed by atoms with van der Waals surface area (Å²) in [5.74, 6) is 0. The predicted molar refractivity (Wildman–Crippen MR) is 69.6 cm³/mol. The fourth-order valence-corrected chi connectivity index (χ4v) is 2.38. The minimum atomic E-state index is -0.127. The second kappa shape index (κ2) is 5.42. The van der Waals surface area contributed by atoms with Crippen LogP contribution >= 0.6 is 23.4 Å². The first-order chi connectivity index (χ1) is 8.16. The summed E-state index contributed by atoms with van der Waals surface area (Å²) in [4.78, 5) is 1.64. The zero-order chi connectivity index (χ0) is 12.3. The summed E-state index contributed by atoms with van der Waals surface area (Å²) in [6.45, 7) is 0. The molecule has 0 amide bonds. The molecule has 0 bridgehead atoms. The lowest BCUT2D eigenvalue weighted by molar-refractivity contribution is 0.294. The molecule has 0 aromatic heterocycles. The van der Waals surface area contributed by atoms with E-state index >= 15 is 0 Å². The molecule has 0 fully saturated rings. The van der Waals surface area contributed by atoms with Crippen molar-refractivity contribution >= 4 is 29.1 Å². The highest BCUT2D eigenvalue weighted by molar-refractivity contribution is 7.99. The van der Waals surface area contributed by atoms with Crippen molar-refractivity contribution < 1.29 is 5.21 Å². The minimum Gasteiger partial charge on any atom is -0.733 e. The van der Waals surface area contributed by atoms with Gasteiger partial charge in [-0.25, -0.2) is 0 Å². The lowest BCUT2D eigenvalue weighted by Crippen LogP contribution is -2.07. The van der Waals surface area contributed by atoms with Gasteiger partial charge in [-0.05, 0) is 36.4 Å². The van der Waals surface area contributed by atoms with Crippen LogP contribution < -0.4 is 5.23 Å². The quantitative estimate of drug-likeness (QED) is 0.847. The maximum atomic E-state index is 10.9. The van der Waals surface area contributed by atoms with E-state index < -0.39 is 0 Å². The molecule has 2 aromatic rings. The fraction of sp³-hybridized carbons (Fsp3) is 0. The van der Waals surface area contributed by atoms with Crippen molar-refractivity contribution in [2.75, 3.05) is 5.23 Å². The van der Waals surface area contributed by atoms with Crippen LogP contribution in [0, 0.1) is 5.21 Å². The Morgan fingerprint density at radius 1 is 1.06 bits per heavy atom. The molecule has 0 heterocycles. The molecule has 88 valence electrons. The second-order valence-corrected chi connectivity index (χ2v) is 4.85. The van der Waals surface area contributed by atoms with Gasteiger partial charge in [-0.2, -0.15) is 0 Å². The highest BCUT2D eigenvalue weighted by Gasteiger charge is 2.04. The first-order valence-electron chi connectivity index (χ1n) is 4.85. The average Bonchev–Trinajstić information content (AvgIpc) is 2.32. The molecule has 2 aromatic carbocycles. The Morgan fingerprint density at radius 3 is 2.35 bits per heavy atom. The van der Waals surface area contributed by atoms with Crippen molar-refractivity contribution in [1.29, 1.82) is 0 Å². The lowest BCUT2D eigenvalue weighted by Gasteiger charge is -2.24. The van der Waals surface area contributed by atoms with Crippen molar-refractivity contribution in [1.82, 2.24) is 0 Å². The molecule has 0 saturated heterocycles. The smallest absolute Gasteiger partial charge is 0.0648 e. The lowest BCUT2D eigenvalue weighted by atomic mass is 10.3. The molecule has 3 nitrogen and oxygen atoms in total. The maximum absolute atomic E-state index is 10.9. The van der Waals surface area contributed by atoms with Crippen LogP contribution in [-0.4, -0.2) is 5.21 Å². The van der Waals surface area contributed by atoms with Crippen LogP contribution in [0.5, 0.6) is 0 Å². The zero-order valence-electron chi connectivity index (χ0n) is 8.71. The molecule has 1 N–H and O–H groups in total. The van der Waals surface area contributed by atoms with E-state index in [9.17, 15) is 5.21 Å². The molecule has 2 rings (SSSR count). The van der Waals surface area contributed by atoms with Gasteiger partial charge in [-0.15, -0.1) is 0 Å². The van der Waals surface area contributed by atoms with Crippen LogP contribution in [0.3, 0.4) is 0 Å². The number of rotatable bonds is 3. The van der Waals surface area contributed by atoms with Gasteiger partial charge in [0.05, 0.1) is 5.69 Å². The van der Waals surface area contributed by atoms with Crippen LogP contribution in [0.15, 0.2) is 58.3 Å². The summed E-state index contributed by atoms with van der Waals surface area (Å²) in [6, 6.07) is 14.1. The van der Waals surface area contributed by atoms with E-state index in [-0.39, 0.29) is 10.9 Å². The third kappa shape index (κ3) is 3.14. The molecule has 0 unspecified atom stereocenters. The third-order valence-corrected chi connectivity index (χ3v) is 3.44. The van der Waals surface area contributed by atoms with Gasteiger partial charge in [0.25, 0.3) is 0 Å². The first kappa shape index (κ1) is 12.3. The van der Waals surface area contributed by atoms with Gasteiger partial charge in [0.15, 0.2) is 0 Å². The minimum absolute atomic E-state index is 0.127. The van der Waals surface area contributed by atoms with E-state index in [0.717, 1.165) is 4.90 Å². The number of benzene rings is 2. The monoisotopic (exact) mass is 266 g/mol. The van der Waals surface area contributed by atoms with Gasteiger partial charge in [0, 0.05) is 14.8 Å². The Hall–Kier alpha value is -1.20. The Kier molecular flexibility index (Phi) is 3.91. The van der Waals surface area contributed by atoms with Crippen molar-refractivity contribution in [2.24, 2.45) is 0 Å². The highest BCUT2D eigenvalue weighted by Crippen LogP contribution is 2.34. The van der Waals surface area contributed by atoms with E-state index in [0.29, 0.717) is 9.92 Å². The number of hydrogen-bond donors (Lipinski definition) is 1. The highest BCUT2D eigenvalue weighted by atomic mass is 35.5. The molecule has 0 atom stereocenters. The summed E-state index contributed by atoms with van der Waals surface area (Å²) in [6.07, 6.45) is 0. The summed E-state index contributed by atoms with van der Waals surface area (Å²) in [5, 5.41) is 20.5. The Morgan fingerprint density at radius 2 is 1.71 bits per heavy atom. The van der Waals surface area contributed by atoms with Gasteiger partial charge < -0.3 is 10.4 Å². The molecular formula is C12H9ClNO2S-. The van der Waals surface area contributed by atoms with E-state index in [1.807, 2.05) is 18.2 Å². The standard InChI is InChI=1S/C12H9ClNO2S/c13-9-5-7-10(8-6-9)17-12-4-2-1-3-11(12)14(15)16/h1-8,15H/q-1. The van der Waals surface area contributed by atoms with E-state index in [4.69, 9.17) is 16.8 Å². The van der Waals surface area contributed by atoms with E-state index in [1.54, 1.807) is 30.3 Å². The summed E-state index contributed by atoms with van der Waals surface area (Å²) >= 11 is 7.18. The van der Waals surface area contributed by atoms with Crippen molar-refractivity contribution in [3.05, 3.63) is 58.8 Å². The number of anilines is 1. The van der Waals surface area contributed by atoms with E-state index in [1.165, 1.54) is 11.8 Å². The molecule has 5 heteroatoms. The summed E-state index contributed by atoms with van der Waals surface area (Å²) in [7, 11) is 0. The Bertz CT molecular complexity index is 502. The number of hydrogen-bond acceptors (Lipinski definition) is 4. The Balaban J connectivity index is 2.26. The van der Waals surface area contributed by atoms with Crippen molar-refractivity contribution in [3.8, 4) is 0 Å². The molecule has 0 saturated carbocycles. The van der Waals surface area contributed by atoms with Crippen LogP contribution in [-0.2, 0) is 0 Å². The molecule has 0 aliphatic carbocycles. The summed E-state index contributed by atoms with van der Waals surface area (Å²) in [5.41, 5.74) is 0.229. The van der Waals surface area contributed by atoms with Gasteiger partial charge >= 0.3 is 0 Å². The second-order valence-electron chi connectivity index (χ2n) is 3.30. The van der Waals surface area contributed by atoms with Gasteiger partial charge in [0.1, 0.15) is 0 Å². The van der Waals surface area contributed by atoms with Gasteiger partial charge in [0.2, 0.25) is 0 Å². The topological polar surface area (TPSA) is 46.5 Å². The molecule has 0 aliphatic heterocycles. The molecule has 17 heavy (non-hydrogen) atoms. The molecular weight excluding hydrogens is 258 g/mol. The maximum Gasteiger partial charge on any atom is 0.0648 e. The normalized spacial score (nSPS) is 10.3.